The number of aromatic nitrogens is 1. The van der Waals surface area contributed by atoms with Crippen LogP contribution in [0.25, 0.3) is 0 Å². The first-order valence-corrected chi connectivity index (χ1v) is 6.58. The number of thiophene rings is 1. The molecule has 0 aromatic carbocycles. The van der Waals surface area contributed by atoms with Crippen molar-refractivity contribution in [1.29, 1.82) is 0 Å². The highest BCUT2D eigenvalue weighted by molar-refractivity contribution is 7.16. The molecule has 1 N–H and O–H groups in total. The van der Waals surface area contributed by atoms with E-state index >= 15 is 0 Å². The summed E-state index contributed by atoms with van der Waals surface area (Å²) >= 11 is 0.940. The van der Waals surface area contributed by atoms with Crippen LogP contribution < -0.4 is 10.2 Å². The van der Waals surface area contributed by atoms with Crippen LogP contribution in [0, 0.1) is 10.1 Å². The van der Waals surface area contributed by atoms with Gasteiger partial charge in [0, 0.05) is 6.07 Å². The summed E-state index contributed by atoms with van der Waals surface area (Å²) in [5.41, 5.74) is 2.20. The number of ether oxygens (including phenoxy) is 1. The smallest absolute Gasteiger partial charge is 0.327 e. The predicted molar refractivity (Wildman–Crippen MR) is 73.7 cm³/mol. The maximum Gasteiger partial charge on any atom is 0.327 e. The van der Waals surface area contributed by atoms with Crippen LogP contribution in [0.4, 0.5) is 5.00 Å². The van der Waals surface area contributed by atoms with E-state index in [-0.39, 0.29) is 16.8 Å². The lowest BCUT2D eigenvalue weighted by Gasteiger charge is -1.95. The van der Waals surface area contributed by atoms with Gasteiger partial charge in [-0.3, -0.25) is 14.9 Å². The second-order valence-electron chi connectivity index (χ2n) is 3.55. The molecule has 0 aliphatic rings. The SMILES string of the molecule is CCOc1cnc(C(=O)N/N=C\c2ccc([N+](=O)[O-])s2)o1. The van der Waals surface area contributed by atoms with Gasteiger partial charge in [0.05, 0.1) is 22.6 Å². The van der Waals surface area contributed by atoms with Crippen LogP contribution in [0.3, 0.4) is 0 Å². The summed E-state index contributed by atoms with van der Waals surface area (Å²) in [5, 5.41) is 14.2. The Hall–Kier alpha value is -2.75. The monoisotopic (exact) mass is 310 g/mol. The number of carbonyl (C=O) groups is 1. The number of nitrogens with zero attached hydrogens (tertiary/aromatic N) is 3. The van der Waals surface area contributed by atoms with Gasteiger partial charge in [0.15, 0.2) is 0 Å². The third-order valence-electron chi connectivity index (χ3n) is 2.12. The molecule has 9 nitrogen and oxygen atoms in total. The zero-order chi connectivity index (χ0) is 15.2. The summed E-state index contributed by atoms with van der Waals surface area (Å²) < 4.78 is 10.0. The summed E-state index contributed by atoms with van der Waals surface area (Å²) in [7, 11) is 0. The maximum atomic E-state index is 11.6. The molecule has 0 spiro atoms. The molecule has 2 rings (SSSR count). The number of nitrogens with one attached hydrogen (secondary N) is 1. The van der Waals surface area contributed by atoms with Crippen molar-refractivity contribution in [2.24, 2.45) is 5.10 Å². The summed E-state index contributed by atoms with van der Waals surface area (Å²) in [4.78, 5) is 25.9. The van der Waals surface area contributed by atoms with Crippen molar-refractivity contribution < 1.29 is 18.9 Å². The molecule has 0 fully saturated rings. The molecular formula is C11H10N4O5S. The lowest BCUT2D eigenvalue weighted by atomic mass is 10.5. The highest BCUT2D eigenvalue weighted by Crippen LogP contribution is 2.22. The zero-order valence-electron chi connectivity index (χ0n) is 10.8. The van der Waals surface area contributed by atoms with Crippen molar-refractivity contribution in [2.45, 2.75) is 6.92 Å². The van der Waals surface area contributed by atoms with Crippen LogP contribution in [0.5, 0.6) is 5.95 Å². The van der Waals surface area contributed by atoms with E-state index in [2.05, 4.69) is 15.5 Å². The van der Waals surface area contributed by atoms with Crippen LogP contribution in [0.2, 0.25) is 0 Å². The highest BCUT2D eigenvalue weighted by atomic mass is 32.1. The third-order valence-corrected chi connectivity index (χ3v) is 3.09. The van der Waals surface area contributed by atoms with Gasteiger partial charge in [0.25, 0.3) is 5.89 Å². The standard InChI is InChI=1S/C11H10N4O5S/c1-2-19-9-6-12-11(20-9)10(16)14-13-5-7-3-4-8(21-7)15(17)18/h3-6H,2H2,1H3,(H,14,16)/b13-5-. The van der Waals surface area contributed by atoms with Crippen molar-refractivity contribution in [3.8, 4) is 5.95 Å². The first-order valence-electron chi connectivity index (χ1n) is 5.76. The summed E-state index contributed by atoms with van der Waals surface area (Å²) in [6, 6.07) is 2.88. The fourth-order valence-electron chi connectivity index (χ4n) is 1.29. The van der Waals surface area contributed by atoms with E-state index < -0.39 is 10.8 Å². The molecule has 0 unspecified atom stereocenters. The predicted octanol–water partition coefficient (Wildman–Crippen LogP) is 1.81. The fraction of sp³-hybridized carbons (Fsp3) is 0.182. The topological polar surface area (TPSA) is 120 Å². The second kappa shape index (κ2) is 6.61. The Bertz CT molecular complexity index is 678. The van der Waals surface area contributed by atoms with Crippen molar-refractivity contribution in [3.63, 3.8) is 0 Å². The van der Waals surface area contributed by atoms with Crippen LogP contribution in [0.1, 0.15) is 22.5 Å². The van der Waals surface area contributed by atoms with Crippen molar-refractivity contribution in [3.05, 3.63) is 39.2 Å². The number of carbonyl (C=O) groups excluding carboxylic acids is 1. The van der Waals surface area contributed by atoms with E-state index in [9.17, 15) is 14.9 Å². The molecule has 0 radical (unpaired) electrons. The summed E-state index contributed by atoms with van der Waals surface area (Å²) in [5.74, 6) is -0.698. The molecule has 0 saturated carbocycles. The molecule has 0 aliphatic heterocycles. The molecular weight excluding hydrogens is 300 g/mol. The fourth-order valence-corrected chi connectivity index (χ4v) is 1.98. The molecule has 1 amide bonds. The molecule has 0 bridgehead atoms. The van der Waals surface area contributed by atoms with E-state index in [1.807, 2.05) is 0 Å². The Labute approximate surface area is 122 Å². The number of amides is 1. The van der Waals surface area contributed by atoms with E-state index in [1.165, 1.54) is 24.5 Å². The van der Waals surface area contributed by atoms with Crippen LogP contribution in [0.15, 0.2) is 27.8 Å². The number of oxazole rings is 1. The lowest BCUT2D eigenvalue weighted by molar-refractivity contribution is -0.380. The molecule has 110 valence electrons. The van der Waals surface area contributed by atoms with Gasteiger partial charge in [0.2, 0.25) is 0 Å². The molecule has 21 heavy (non-hydrogen) atoms. The van der Waals surface area contributed by atoms with Crippen molar-refractivity contribution >= 4 is 28.5 Å². The highest BCUT2D eigenvalue weighted by Gasteiger charge is 2.13. The summed E-state index contributed by atoms with van der Waals surface area (Å²) in [6.45, 7) is 2.17. The molecule has 10 heteroatoms. The van der Waals surface area contributed by atoms with Gasteiger partial charge in [0.1, 0.15) is 6.20 Å². The largest absolute Gasteiger partial charge is 0.464 e. The van der Waals surface area contributed by atoms with Crippen LogP contribution in [-0.4, -0.2) is 28.6 Å². The number of hydrazone groups is 1. The van der Waals surface area contributed by atoms with Crippen molar-refractivity contribution in [2.75, 3.05) is 6.61 Å². The Morgan fingerprint density at radius 2 is 2.48 bits per heavy atom. The summed E-state index contributed by atoms with van der Waals surface area (Å²) in [6.07, 6.45) is 2.58. The third kappa shape index (κ3) is 3.86. The number of hydrogen-bond donors (Lipinski definition) is 1. The number of hydrogen-bond acceptors (Lipinski definition) is 8. The van der Waals surface area contributed by atoms with Gasteiger partial charge in [-0.25, -0.2) is 10.4 Å². The van der Waals surface area contributed by atoms with Crippen LogP contribution in [-0.2, 0) is 0 Å². The minimum absolute atomic E-state index is 0.00293. The first kappa shape index (κ1) is 14.7. The second-order valence-corrected chi connectivity index (χ2v) is 4.64. The maximum absolute atomic E-state index is 11.6. The van der Waals surface area contributed by atoms with Gasteiger partial charge in [-0.2, -0.15) is 5.10 Å². The van der Waals surface area contributed by atoms with Crippen molar-refractivity contribution in [1.82, 2.24) is 10.4 Å². The van der Waals surface area contributed by atoms with Gasteiger partial charge < -0.3 is 9.15 Å². The van der Waals surface area contributed by atoms with Gasteiger partial charge >= 0.3 is 16.9 Å². The van der Waals surface area contributed by atoms with Crippen LogP contribution >= 0.6 is 11.3 Å². The molecule has 2 aromatic rings. The molecule has 0 aliphatic carbocycles. The Balaban J connectivity index is 1.92. The average Bonchev–Trinajstić information content (AvgIpc) is 3.08. The van der Waals surface area contributed by atoms with Gasteiger partial charge in [-0.1, -0.05) is 11.3 Å². The average molecular weight is 310 g/mol. The van der Waals surface area contributed by atoms with Gasteiger partial charge in [-0.05, 0) is 13.0 Å². The molecule has 2 heterocycles. The first-order chi connectivity index (χ1) is 10.1. The van der Waals surface area contributed by atoms with E-state index in [1.54, 1.807) is 6.92 Å². The number of nitro groups is 1. The minimum Gasteiger partial charge on any atom is -0.464 e. The normalized spacial score (nSPS) is 10.7. The molecule has 2 aromatic heterocycles. The minimum atomic E-state index is -0.650. The number of rotatable bonds is 6. The van der Waals surface area contributed by atoms with Gasteiger partial charge in [-0.15, -0.1) is 0 Å². The molecule has 0 atom stereocenters. The Morgan fingerprint density at radius 1 is 1.67 bits per heavy atom. The Morgan fingerprint density at radius 3 is 3.14 bits per heavy atom. The zero-order valence-corrected chi connectivity index (χ0v) is 11.6. The Kier molecular flexibility index (Phi) is 4.61. The van der Waals surface area contributed by atoms with E-state index in [0.29, 0.717) is 11.5 Å². The lowest BCUT2D eigenvalue weighted by Crippen LogP contribution is -2.17. The quantitative estimate of drug-likeness (QED) is 0.493. The van der Waals surface area contributed by atoms with E-state index in [0.717, 1.165) is 11.3 Å². The molecule has 0 saturated heterocycles. The van der Waals surface area contributed by atoms with E-state index in [4.69, 9.17) is 9.15 Å².